The molecule has 0 aliphatic carbocycles. The van der Waals surface area contributed by atoms with Crippen LogP contribution in [0.2, 0.25) is 0 Å². The summed E-state index contributed by atoms with van der Waals surface area (Å²) in [5.41, 5.74) is 0. The zero-order valence-electron chi connectivity index (χ0n) is 9.94. The number of esters is 2. The lowest BCUT2D eigenvalue weighted by molar-refractivity contribution is -0.150. The number of likely N-dealkylation sites (N-methyl/N-ethyl adjacent to an activating group) is 1. The quantitative estimate of drug-likeness (QED) is 0.458. The number of ether oxygens (including phenoxy) is 3. The highest BCUT2D eigenvalue weighted by Gasteiger charge is 2.21. The Morgan fingerprint density at radius 3 is 2.35 bits per heavy atom. The Hall–Kier alpha value is -1.83. The van der Waals surface area contributed by atoms with Gasteiger partial charge in [0.2, 0.25) is 6.79 Å². The number of carbonyl (C=O) groups is 3. The van der Waals surface area contributed by atoms with E-state index in [0.29, 0.717) is 0 Å². The molecule has 0 aliphatic heterocycles. The standard InChI is InChI=1S/C9H16N2O6/c1-6(12)16-5-17-9(14)11-7(4-10-2)8(13)15-3/h7,10H,4-5H2,1-3H3,(H,11,14). The van der Waals surface area contributed by atoms with E-state index in [2.05, 4.69) is 24.8 Å². The fourth-order valence-electron chi connectivity index (χ4n) is 0.890. The Kier molecular flexibility index (Phi) is 7.44. The second-order valence-corrected chi connectivity index (χ2v) is 2.96. The molecule has 0 aromatic rings. The van der Waals surface area contributed by atoms with Crippen molar-refractivity contribution in [1.82, 2.24) is 10.6 Å². The zero-order valence-corrected chi connectivity index (χ0v) is 9.94. The van der Waals surface area contributed by atoms with Crippen LogP contribution in [0.25, 0.3) is 0 Å². The zero-order chi connectivity index (χ0) is 13.3. The van der Waals surface area contributed by atoms with Gasteiger partial charge in [-0.3, -0.25) is 4.79 Å². The number of hydrogen-bond donors (Lipinski definition) is 2. The van der Waals surface area contributed by atoms with Crippen molar-refractivity contribution in [3.63, 3.8) is 0 Å². The summed E-state index contributed by atoms with van der Waals surface area (Å²) in [6, 6.07) is -0.866. The molecule has 8 heteroatoms. The topological polar surface area (TPSA) is 103 Å². The minimum atomic E-state index is -0.878. The second-order valence-electron chi connectivity index (χ2n) is 2.96. The summed E-state index contributed by atoms with van der Waals surface area (Å²) in [6.07, 6.45) is -0.878. The van der Waals surface area contributed by atoms with E-state index < -0.39 is 30.9 Å². The predicted octanol–water partition coefficient (Wildman–Crippen LogP) is -1.01. The van der Waals surface area contributed by atoms with Gasteiger partial charge in [-0.25, -0.2) is 9.59 Å². The van der Waals surface area contributed by atoms with Crippen LogP contribution in [-0.2, 0) is 23.8 Å². The first-order chi connectivity index (χ1) is 8.01. The van der Waals surface area contributed by atoms with Gasteiger partial charge in [0.05, 0.1) is 7.11 Å². The number of nitrogens with one attached hydrogen (secondary N) is 2. The fourth-order valence-corrected chi connectivity index (χ4v) is 0.890. The average molecular weight is 248 g/mol. The first-order valence-electron chi connectivity index (χ1n) is 4.80. The number of amides is 1. The minimum absolute atomic E-state index is 0.190. The van der Waals surface area contributed by atoms with Gasteiger partial charge in [-0.15, -0.1) is 0 Å². The monoisotopic (exact) mass is 248 g/mol. The maximum absolute atomic E-state index is 11.2. The second kappa shape index (κ2) is 8.34. The molecule has 1 atom stereocenters. The SMILES string of the molecule is CNCC(NC(=O)OCOC(C)=O)C(=O)OC. The average Bonchev–Trinajstić information content (AvgIpc) is 2.27. The normalized spacial score (nSPS) is 11.2. The van der Waals surface area contributed by atoms with Gasteiger partial charge in [0.15, 0.2) is 0 Å². The lowest BCUT2D eigenvalue weighted by Gasteiger charge is -2.15. The minimum Gasteiger partial charge on any atom is -0.467 e. The van der Waals surface area contributed by atoms with Gasteiger partial charge in [-0.05, 0) is 7.05 Å². The van der Waals surface area contributed by atoms with Gasteiger partial charge in [0.1, 0.15) is 6.04 Å². The molecule has 0 heterocycles. The van der Waals surface area contributed by atoms with Gasteiger partial charge < -0.3 is 24.8 Å². The van der Waals surface area contributed by atoms with E-state index in [0.717, 1.165) is 0 Å². The van der Waals surface area contributed by atoms with Crippen LogP contribution in [-0.4, -0.2) is 51.6 Å². The van der Waals surface area contributed by atoms with Crippen molar-refractivity contribution in [3.05, 3.63) is 0 Å². The molecule has 0 rings (SSSR count). The van der Waals surface area contributed by atoms with E-state index in [9.17, 15) is 14.4 Å². The van der Waals surface area contributed by atoms with Crippen LogP contribution in [0.5, 0.6) is 0 Å². The van der Waals surface area contributed by atoms with Crippen molar-refractivity contribution in [1.29, 1.82) is 0 Å². The summed E-state index contributed by atoms with van der Waals surface area (Å²) in [7, 11) is 2.82. The smallest absolute Gasteiger partial charge is 0.410 e. The Morgan fingerprint density at radius 1 is 1.24 bits per heavy atom. The highest BCUT2D eigenvalue weighted by Crippen LogP contribution is 1.89. The third kappa shape index (κ3) is 7.12. The van der Waals surface area contributed by atoms with Gasteiger partial charge in [-0.1, -0.05) is 0 Å². The first-order valence-corrected chi connectivity index (χ1v) is 4.80. The molecule has 0 saturated heterocycles. The summed E-state index contributed by atoms with van der Waals surface area (Å²) in [6.45, 7) is 0.865. The molecule has 2 N–H and O–H groups in total. The van der Waals surface area contributed by atoms with Crippen LogP contribution in [0.3, 0.4) is 0 Å². The Balaban J connectivity index is 4.03. The Labute approximate surface area is 98.6 Å². The Morgan fingerprint density at radius 2 is 1.88 bits per heavy atom. The van der Waals surface area contributed by atoms with Gasteiger partial charge in [0.25, 0.3) is 0 Å². The van der Waals surface area contributed by atoms with E-state index in [-0.39, 0.29) is 6.54 Å². The molecule has 17 heavy (non-hydrogen) atoms. The number of alkyl carbamates (subject to hydrolysis) is 1. The molecular formula is C9H16N2O6. The lowest BCUT2D eigenvalue weighted by Crippen LogP contribution is -2.47. The molecule has 1 amide bonds. The van der Waals surface area contributed by atoms with Crippen molar-refractivity contribution in [2.24, 2.45) is 0 Å². The summed E-state index contributed by atoms with van der Waals surface area (Å²) in [4.78, 5) is 32.8. The third-order valence-electron chi connectivity index (χ3n) is 1.64. The van der Waals surface area contributed by atoms with Crippen molar-refractivity contribution in [3.8, 4) is 0 Å². The molecule has 0 spiro atoms. The molecule has 0 saturated carbocycles. The maximum Gasteiger partial charge on any atom is 0.410 e. The summed E-state index contributed by atoms with van der Waals surface area (Å²) in [5.74, 6) is -1.18. The van der Waals surface area contributed by atoms with Crippen molar-refractivity contribution >= 4 is 18.0 Å². The van der Waals surface area contributed by atoms with Crippen LogP contribution < -0.4 is 10.6 Å². The summed E-state index contributed by atoms with van der Waals surface area (Å²) in [5, 5.41) is 4.96. The van der Waals surface area contributed by atoms with Crippen LogP contribution in [0.1, 0.15) is 6.92 Å². The molecule has 98 valence electrons. The maximum atomic E-state index is 11.2. The fraction of sp³-hybridized carbons (Fsp3) is 0.667. The molecule has 0 aromatic heterocycles. The number of rotatable bonds is 6. The number of carbonyl (C=O) groups excluding carboxylic acids is 3. The van der Waals surface area contributed by atoms with Gasteiger partial charge in [-0.2, -0.15) is 0 Å². The highest BCUT2D eigenvalue weighted by molar-refractivity contribution is 5.81. The molecule has 8 nitrogen and oxygen atoms in total. The summed E-state index contributed by atoms with van der Waals surface area (Å²) < 4.78 is 13.4. The molecule has 0 radical (unpaired) electrons. The Bertz CT molecular complexity index is 281. The van der Waals surface area contributed by atoms with Crippen molar-refractivity contribution < 1.29 is 28.6 Å². The molecule has 0 fully saturated rings. The van der Waals surface area contributed by atoms with Crippen molar-refractivity contribution in [2.45, 2.75) is 13.0 Å². The van der Waals surface area contributed by atoms with E-state index in [1.54, 1.807) is 7.05 Å². The number of hydrogen-bond acceptors (Lipinski definition) is 7. The molecular weight excluding hydrogens is 232 g/mol. The molecule has 1 unspecified atom stereocenters. The van der Waals surface area contributed by atoms with Crippen LogP contribution in [0.4, 0.5) is 4.79 Å². The highest BCUT2D eigenvalue weighted by atomic mass is 16.7. The lowest BCUT2D eigenvalue weighted by atomic mass is 10.3. The van der Waals surface area contributed by atoms with E-state index in [1.165, 1.54) is 14.0 Å². The van der Waals surface area contributed by atoms with Crippen LogP contribution in [0.15, 0.2) is 0 Å². The van der Waals surface area contributed by atoms with E-state index in [4.69, 9.17) is 0 Å². The molecule has 0 aliphatic rings. The van der Waals surface area contributed by atoms with E-state index in [1.807, 2.05) is 0 Å². The summed E-state index contributed by atoms with van der Waals surface area (Å²) >= 11 is 0. The van der Waals surface area contributed by atoms with Crippen molar-refractivity contribution in [2.75, 3.05) is 27.5 Å². The largest absolute Gasteiger partial charge is 0.467 e. The van der Waals surface area contributed by atoms with E-state index >= 15 is 0 Å². The molecule has 0 bridgehead atoms. The number of methoxy groups -OCH3 is 1. The first kappa shape index (κ1) is 15.2. The van der Waals surface area contributed by atoms with Crippen LogP contribution >= 0.6 is 0 Å². The third-order valence-corrected chi connectivity index (χ3v) is 1.64. The van der Waals surface area contributed by atoms with Crippen LogP contribution in [0, 0.1) is 0 Å². The van der Waals surface area contributed by atoms with Gasteiger partial charge >= 0.3 is 18.0 Å². The van der Waals surface area contributed by atoms with Gasteiger partial charge in [0, 0.05) is 13.5 Å². The predicted molar refractivity (Wildman–Crippen MR) is 56.0 cm³/mol. The molecule has 0 aromatic carbocycles.